The van der Waals surface area contributed by atoms with E-state index in [2.05, 4.69) is 118 Å². The fourth-order valence-electron chi connectivity index (χ4n) is 0.526. The minimum Gasteiger partial charge on any atom is -0.171 e. The first-order valence-corrected chi connectivity index (χ1v) is 16.5. The molecule has 0 radical (unpaired) electrons. The van der Waals surface area contributed by atoms with Gasteiger partial charge >= 0.3 is 12.4 Å². The van der Waals surface area contributed by atoms with E-state index in [1.165, 1.54) is 32.1 Å². The molecule has 1 aliphatic carbocycles. The Balaban J connectivity index is -0.0000000902. The Morgan fingerprint density at radius 3 is 0.762 bits per heavy atom. The summed E-state index contributed by atoms with van der Waals surface area (Å²) in [6.07, 6.45) is -1.67. The molecule has 0 atom stereocenters. The lowest BCUT2D eigenvalue weighted by Gasteiger charge is -2.22. The zero-order valence-electron chi connectivity index (χ0n) is 32.0. The van der Waals surface area contributed by atoms with Gasteiger partial charge in [-0.1, -0.05) is 171 Å². The fraction of sp³-hybridized carbons (Fsp3) is 1.00. The largest absolute Gasteiger partial charge is 0.391 e. The Labute approximate surface area is 262 Å². The van der Waals surface area contributed by atoms with Crippen LogP contribution in [0.3, 0.4) is 0 Å². The van der Waals surface area contributed by atoms with Gasteiger partial charge in [0.2, 0.25) is 0 Å². The summed E-state index contributed by atoms with van der Waals surface area (Å²) in [7, 11) is 0. The second kappa shape index (κ2) is 28.1. The summed E-state index contributed by atoms with van der Waals surface area (Å²) in [4.78, 5) is 0. The van der Waals surface area contributed by atoms with Crippen LogP contribution in [0.25, 0.3) is 0 Å². The summed E-state index contributed by atoms with van der Waals surface area (Å²) in [5.41, 5.74) is 1.04. The maximum atomic E-state index is 11.2. The number of rotatable bonds is 3. The van der Waals surface area contributed by atoms with E-state index in [-0.39, 0.29) is 0 Å². The van der Waals surface area contributed by atoms with Crippen LogP contribution in [0.2, 0.25) is 0 Å². The highest BCUT2D eigenvalue weighted by Gasteiger charge is 2.31. The number of halogens is 6. The molecule has 0 aromatic heterocycles. The van der Waals surface area contributed by atoms with Gasteiger partial charge in [-0.05, 0) is 40.4 Å². The molecule has 0 heterocycles. The fourth-order valence-corrected chi connectivity index (χ4v) is 0.526. The molecule has 6 heteroatoms. The van der Waals surface area contributed by atoms with Gasteiger partial charge in [-0.25, -0.2) is 0 Å². The van der Waals surface area contributed by atoms with Crippen molar-refractivity contribution in [2.45, 2.75) is 189 Å². The number of hydrogen-bond donors (Lipinski definition) is 0. The van der Waals surface area contributed by atoms with Crippen LogP contribution in [-0.2, 0) is 0 Å². The molecule has 264 valence electrons. The van der Waals surface area contributed by atoms with Crippen molar-refractivity contribution in [2.75, 3.05) is 0 Å². The maximum Gasteiger partial charge on any atom is 0.391 e. The van der Waals surface area contributed by atoms with Crippen molar-refractivity contribution in [3.05, 3.63) is 0 Å². The van der Waals surface area contributed by atoms with Crippen molar-refractivity contribution in [2.24, 2.45) is 46.3 Å². The van der Waals surface area contributed by atoms with E-state index in [1.807, 2.05) is 0 Å². The Morgan fingerprint density at radius 2 is 0.762 bits per heavy atom. The van der Waals surface area contributed by atoms with E-state index in [9.17, 15) is 26.3 Å². The molecule has 0 spiro atoms. The SMILES string of the molecule is CC(C)C(C)(C)C.CC(C)C(C)C.CC(C)C(F)(F)F.CCC(C)(C)C.CCC(C)C.CCC(F)(F)F.CCC1CC1. The Morgan fingerprint density at radius 1 is 0.548 bits per heavy atom. The minimum absolute atomic E-state index is 0.500. The van der Waals surface area contributed by atoms with Gasteiger partial charge in [0.15, 0.2) is 0 Å². The summed E-state index contributed by atoms with van der Waals surface area (Å²) in [5, 5.41) is 0. The van der Waals surface area contributed by atoms with Crippen LogP contribution in [0.5, 0.6) is 0 Å². The Kier molecular flexibility index (Phi) is 36.2. The van der Waals surface area contributed by atoms with Crippen LogP contribution in [-0.4, -0.2) is 12.4 Å². The predicted molar refractivity (Wildman–Crippen MR) is 179 cm³/mol. The van der Waals surface area contributed by atoms with Gasteiger partial charge in [-0.3, -0.25) is 0 Å². The van der Waals surface area contributed by atoms with Crippen molar-refractivity contribution in [1.82, 2.24) is 0 Å². The average Bonchev–Trinajstić information content (AvgIpc) is 3.64. The van der Waals surface area contributed by atoms with Crippen molar-refractivity contribution in [3.63, 3.8) is 0 Å². The average molecular weight is 625 g/mol. The van der Waals surface area contributed by atoms with Crippen molar-refractivity contribution < 1.29 is 26.3 Å². The van der Waals surface area contributed by atoms with E-state index in [1.54, 1.807) is 0 Å². The van der Waals surface area contributed by atoms with Gasteiger partial charge in [0.25, 0.3) is 0 Å². The third-order valence-electron chi connectivity index (χ3n) is 7.27. The molecular weight excluding hydrogens is 546 g/mol. The summed E-state index contributed by atoms with van der Waals surface area (Å²) in [6, 6.07) is 0. The number of hydrogen-bond acceptors (Lipinski definition) is 0. The molecule has 1 aliphatic rings. The molecule has 0 amide bonds. The zero-order chi connectivity index (χ0) is 35.7. The second-order valence-corrected chi connectivity index (χ2v) is 15.2. The first-order chi connectivity index (χ1) is 18.4. The molecule has 0 aliphatic heterocycles. The lowest BCUT2D eigenvalue weighted by Crippen LogP contribution is -2.15. The lowest BCUT2D eigenvalue weighted by atomic mass is 9.84. The predicted octanol–water partition coefficient (Wildman–Crippen LogP) is 15.5. The minimum atomic E-state index is -4.00. The van der Waals surface area contributed by atoms with Crippen LogP contribution in [0.4, 0.5) is 26.3 Å². The van der Waals surface area contributed by atoms with E-state index in [0.29, 0.717) is 10.8 Å². The summed E-state index contributed by atoms with van der Waals surface area (Å²) in [5.74, 6) is 3.32. The zero-order valence-corrected chi connectivity index (χ0v) is 32.0. The summed E-state index contributed by atoms with van der Waals surface area (Å²) >= 11 is 0. The monoisotopic (exact) mass is 625 g/mol. The molecule has 0 bridgehead atoms. The lowest BCUT2D eigenvalue weighted by molar-refractivity contribution is -0.164. The van der Waals surface area contributed by atoms with Gasteiger partial charge in [0.1, 0.15) is 0 Å². The van der Waals surface area contributed by atoms with E-state index < -0.39 is 24.7 Å². The second-order valence-electron chi connectivity index (χ2n) is 15.2. The quantitative estimate of drug-likeness (QED) is 0.274. The highest BCUT2D eigenvalue weighted by atomic mass is 19.4. The van der Waals surface area contributed by atoms with Crippen LogP contribution >= 0.6 is 0 Å². The molecule has 42 heavy (non-hydrogen) atoms. The first-order valence-electron chi connectivity index (χ1n) is 16.5. The van der Waals surface area contributed by atoms with Crippen LogP contribution in [0.15, 0.2) is 0 Å². The molecule has 0 nitrogen and oxygen atoms in total. The first kappa shape index (κ1) is 54.1. The van der Waals surface area contributed by atoms with Gasteiger partial charge in [-0.2, -0.15) is 26.3 Å². The van der Waals surface area contributed by atoms with Gasteiger partial charge in [0.05, 0.1) is 0 Å². The van der Waals surface area contributed by atoms with Crippen molar-refractivity contribution >= 4 is 0 Å². The van der Waals surface area contributed by atoms with Crippen LogP contribution in [0.1, 0.15) is 177 Å². The summed E-state index contributed by atoms with van der Waals surface area (Å²) in [6.45, 7) is 41.4. The highest BCUT2D eigenvalue weighted by molar-refractivity contribution is 4.69. The Hall–Kier alpha value is -0.420. The standard InChI is InChI=1S/C7H16.2C6H14.C5H10.C5H12.C4H7F3.C3H5F3/c1-6(2)7(3,4)5;1-5-6(2,3)4;1-5(2)6(3)4;1-2-5-3-4-5;1-4-5(2)3;1-3(2)4(5,6)7;1-2-3(4,5)6/h6H,1-5H3;5H2,1-4H3;5-6H,1-4H3;5H,2-4H2,1H3;5H,4H2,1-3H3;3H,1-2H3;2H2,1H3. The molecular formula is C36H78F6. The molecule has 0 unspecified atom stereocenters. The third kappa shape index (κ3) is 72.1. The van der Waals surface area contributed by atoms with Gasteiger partial charge in [0, 0.05) is 12.3 Å². The normalized spacial score (nSPS) is 13.2. The Bertz CT molecular complexity index is 469. The van der Waals surface area contributed by atoms with Crippen LogP contribution < -0.4 is 0 Å². The molecule has 0 N–H and O–H groups in total. The van der Waals surface area contributed by atoms with E-state index in [0.717, 1.165) is 50.4 Å². The van der Waals surface area contributed by atoms with E-state index >= 15 is 0 Å². The van der Waals surface area contributed by atoms with Crippen LogP contribution in [0, 0.1) is 46.3 Å². The van der Waals surface area contributed by atoms with Crippen molar-refractivity contribution in [1.29, 1.82) is 0 Å². The van der Waals surface area contributed by atoms with Gasteiger partial charge < -0.3 is 0 Å². The molecule has 0 aromatic rings. The maximum absolute atomic E-state index is 11.2. The molecule has 1 rings (SSSR count). The highest BCUT2D eigenvalue weighted by Crippen LogP contribution is 2.31. The molecule has 0 saturated heterocycles. The van der Waals surface area contributed by atoms with Crippen molar-refractivity contribution in [3.8, 4) is 0 Å². The smallest absolute Gasteiger partial charge is 0.171 e. The molecule has 1 fully saturated rings. The molecule has 0 aromatic carbocycles. The van der Waals surface area contributed by atoms with Gasteiger partial charge in [-0.15, -0.1) is 0 Å². The van der Waals surface area contributed by atoms with E-state index in [4.69, 9.17) is 0 Å². The molecule has 1 saturated carbocycles. The number of alkyl halides is 6. The third-order valence-corrected chi connectivity index (χ3v) is 7.27. The summed E-state index contributed by atoms with van der Waals surface area (Å²) < 4.78 is 65.9. The topological polar surface area (TPSA) is 0 Å².